The zero-order valence-corrected chi connectivity index (χ0v) is 14.5. The van der Waals surface area contributed by atoms with Gasteiger partial charge in [0, 0.05) is 43.2 Å². The topological polar surface area (TPSA) is 35.8 Å². The van der Waals surface area contributed by atoms with Crippen molar-refractivity contribution in [2.75, 3.05) is 24.5 Å². The summed E-state index contributed by atoms with van der Waals surface area (Å²) in [7, 11) is 0. The van der Waals surface area contributed by atoms with Crippen molar-refractivity contribution in [1.82, 2.24) is 0 Å². The summed E-state index contributed by atoms with van der Waals surface area (Å²) in [4.78, 5) is 6.66. The molecule has 0 unspecified atom stereocenters. The van der Waals surface area contributed by atoms with Crippen LogP contribution in [-0.2, 0) is 0 Å². The molecule has 3 heteroatoms. The van der Waals surface area contributed by atoms with Gasteiger partial charge < -0.3 is 10.0 Å². The number of hydrogen-bond donors (Lipinski definition) is 1. The maximum atomic E-state index is 10.1. The molecule has 1 rings (SSSR count). The number of unbranched alkanes of at least 4 members (excludes halogenated alkanes) is 5. The maximum absolute atomic E-state index is 10.1. The zero-order valence-electron chi connectivity index (χ0n) is 14.5. The van der Waals surface area contributed by atoms with Crippen molar-refractivity contribution in [2.45, 2.75) is 59.3 Å². The van der Waals surface area contributed by atoms with Crippen LogP contribution in [0.2, 0.25) is 0 Å². The lowest BCUT2D eigenvalue weighted by Crippen LogP contribution is -2.21. The zero-order chi connectivity index (χ0) is 16.2. The fraction of sp³-hybridized carbons (Fsp3) is 0.632. The SMILES string of the molecule is CCCCCCCCN=Cc1ccc(N(CC)CC)cc1O. The molecule has 0 fully saturated rings. The van der Waals surface area contributed by atoms with E-state index in [1.165, 1.54) is 32.1 Å². The molecule has 0 radical (unpaired) electrons. The molecule has 124 valence electrons. The third-order valence-electron chi connectivity index (χ3n) is 4.01. The van der Waals surface area contributed by atoms with Gasteiger partial charge in [0.25, 0.3) is 0 Å². The smallest absolute Gasteiger partial charge is 0.126 e. The van der Waals surface area contributed by atoms with Gasteiger partial charge in [-0.05, 0) is 32.4 Å². The van der Waals surface area contributed by atoms with E-state index in [1.807, 2.05) is 12.1 Å². The van der Waals surface area contributed by atoms with Crippen LogP contribution < -0.4 is 4.90 Å². The van der Waals surface area contributed by atoms with E-state index in [1.54, 1.807) is 6.21 Å². The molecule has 0 aliphatic heterocycles. The van der Waals surface area contributed by atoms with Crippen molar-refractivity contribution < 1.29 is 5.11 Å². The molecule has 0 aliphatic carbocycles. The quantitative estimate of drug-likeness (QED) is 0.460. The lowest BCUT2D eigenvalue weighted by atomic mass is 10.1. The average molecular weight is 304 g/mol. The Balaban J connectivity index is 2.41. The van der Waals surface area contributed by atoms with Gasteiger partial charge in [0.15, 0.2) is 0 Å². The Morgan fingerprint density at radius 3 is 2.32 bits per heavy atom. The molecule has 1 aromatic rings. The molecule has 22 heavy (non-hydrogen) atoms. The lowest BCUT2D eigenvalue weighted by Gasteiger charge is -2.21. The standard InChI is InChI=1S/C19H32N2O/c1-4-7-8-9-10-11-14-20-16-17-12-13-18(15-19(17)22)21(5-2)6-3/h12-13,15-16,22H,4-11,14H2,1-3H3. The van der Waals surface area contributed by atoms with Crippen molar-refractivity contribution in [3.05, 3.63) is 23.8 Å². The Morgan fingerprint density at radius 1 is 1.00 bits per heavy atom. The van der Waals surface area contributed by atoms with Crippen molar-refractivity contribution in [3.63, 3.8) is 0 Å². The summed E-state index contributed by atoms with van der Waals surface area (Å²) >= 11 is 0. The van der Waals surface area contributed by atoms with Crippen LogP contribution >= 0.6 is 0 Å². The Bertz CT molecular complexity index is 439. The third kappa shape index (κ3) is 6.50. The summed E-state index contributed by atoms with van der Waals surface area (Å²) in [5, 5.41) is 10.1. The summed E-state index contributed by atoms with van der Waals surface area (Å²) in [6.45, 7) is 9.22. The van der Waals surface area contributed by atoms with Crippen LogP contribution in [0, 0.1) is 0 Å². The monoisotopic (exact) mass is 304 g/mol. The first kappa shape index (κ1) is 18.5. The predicted octanol–water partition coefficient (Wildman–Crippen LogP) is 5.02. The molecule has 0 aromatic heterocycles. The molecule has 0 saturated heterocycles. The summed E-state index contributed by atoms with van der Waals surface area (Å²) in [5.41, 5.74) is 1.87. The van der Waals surface area contributed by atoms with Gasteiger partial charge in [0.1, 0.15) is 5.75 Å². The van der Waals surface area contributed by atoms with Crippen molar-refractivity contribution in [2.24, 2.45) is 4.99 Å². The minimum absolute atomic E-state index is 0.316. The number of rotatable bonds is 11. The van der Waals surface area contributed by atoms with Gasteiger partial charge in [0.05, 0.1) is 0 Å². The van der Waals surface area contributed by atoms with E-state index in [9.17, 15) is 5.11 Å². The van der Waals surface area contributed by atoms with Crippen LogP contribution in [0.15, 0.2) is 23.2 Å². The molecular weight excluding hydrogens is 272 g/mol. The van der Waals surface area contributed by atoms with E-state index in [0.717, 1.165) is 37.3 Å². The van der Waals surface area contributed by atoms with Crippen molar-refractivity contribution in [1.29, 1.82) is 0 Å². The van der Waals surface area contributed by atoms with Crippen LogP contribution in [0.5, 0.6) is 5.75 Å². The summed E-state index contributed by atoms with van der Waals surface area (Å²) in [6, 6.07) is 5.84. The first-order valence-corrected chi connectivity index (χ1v) is 8.80. The van der Waals surface area contributed by atoms with Crippen LogP contribution in [-0.4, -0.2) is 31.0 Å². The average Bonchev–Trinajstić information content (AvgIpc) is 2.53. The number of hydrogen-bond acceptors (Lipinski definition) is 3. The fourth-order valence-electron chi connectivity index (χ4n) is 2.57. The minimum Gasteiger partial charge on any atom is -0.507 e. The number of phenols is 1. The molecule has 0 saturated carbocycles. The second-order valence-electron chi connectivity index (χ2n) is 5.72. The van der Waals surface area contributed by atoms with Crippen LogP contribution in [0.25, 0.3) is 0 Å². The molecule has 0 aliphatic rings. The van der Waals surface area contributed by atoms with Crippen LogP contribution in [0.1, 0.15) is 64.9 Å². The highest BCUT2D eigenvalue weighted by Gasteiger charge is 2.05. The van der Waals surface area contributed by atoms with E-state index in [2.05, 4.69) is 36.7 Å². The van der Waals surface area contributed by atoms with Gasteiger partial charge in [-0.15, -0.1) is 0 Å². The Labute approximate surface area is 136 Å². The fourth-order valence-corrected chi connectivity index (χ4v) is 2.57. The number of aliphatic imine (C=N–C) groups is 1. The van der Waals surface area contributed by atoms with E-state index >= 15 is 0 Å². The third-order valence-corrected chi connectivity index (χ3v) is 4.01. The summed E-state index contributed by atoms with van der Waals surface area (Å²) in [5.74, 6) is 0.316. The number of phenolic OH excluding ortho intramolecular Hbond substituents is 1. The van der Waals surface area contributed by atoms with Crippen LogP contribution in [0.3, 0.4) is 0 Å². The molecule has 0 atom stereocenters. The van der Waals surface area contributed by atoms with Gasteiger partial charge in [-0.25, -0.2) is 0 Å². The molecule has 0 spiro atoms. The Kier molecular flexibility index (Phi) is 9.36. The molecular formula is C19H32N2O. The van der Waals surface area contributed by atoms with E-state index in [-0.39, 0.29) is 0 Å². The van der Waals surface area contributed by atoms with E-state index in [0.29, 0.717) is 5.75 Å². The number of benzene rings is 1. The lowest BCUT2D eigenvalue weighted by molar-refractivity contribution is 0.474. The normalized spacial score (nSPS) is 11.2. The molecule has 0 bridgehead atoms. The molecule has 0 heterocycles. The number of nitrogens with zero attached hydrogens (tertiary/aromatic N) is 2. The van der Waals surface area contributed by atoms with Gasteiger partial charge in [-0.3, -0.25) is 4.99 Å². The Hall–Kier alpha value is -1.51. The van der Waals surface area contributed by atoms with Gasteiger partial charge in [-0.2, -0.15) is 0 Å². The summed E-state index contributed by atoms with van der Waals surface area (Å²) in [6.07, 6.45) is 9.48. The number of anilines is 1. The highest BCUT2D eigenvalue weighted by atomic mass is 16.3. The molecule has 1 aromatic carbocycles. The Morgan fingerprint density at radius 2 is 1.68 bits per heavy atom. The highest BCUT2D eigenvalue weighted by Crippen LogP contribution is 2.23. The minimum atomic E-state index is 0.316. The first-order valence-electron chi connectivity index (χ1n) is 8.80. The second-order valence-corrected chi connectivity index (χ2v) is 5.72. The second kappa shape index (κ2) is 11.1. The van der Waals surface area contributed by atoms with Crippen molar-refractivity contribution >= 4 is 11.9 Å². The van der Waals surface area contributed by atoms with Crippen molar-refractivity contribution in [3.8, 4) is 5.75 Å². The van der Waals surface area contributed by atoms with Gasteiger partial charge in [-0.1, -0.05) is 39.0 Å². The largest absolute Gasteiger partial charge is 0.507 e. The van der Waals surface area contributed by atoms with Gasteiger partial charge in [0.2, 0.25) is 0 Å². The van der Waals surface area contributed by atoms with Gasteiger partial charge >= 0.3 is 0 Å². The van der Waals surface area contributed by atoms with E-state index < -0.39 is 0 Å². The van der Waals surface area contributed by atoms with Crippen LogP contribution in [0.4, 0.5) is 5.69 Å². The first-order chi connectivity index (χ1) is 10.7. The molecule has 3 nitrogen and oxygen atoms in total. The summed E-state index contributed by atoms with van der Waals surface area (Å²) < 4.78 is 0. The maximum Gasteiger partial charge on any atom is 0.126 e. The molecule has 1 N–H and O–H groups in total. The van der Waals surface area contributed by atoms with E-state index in [4.69, 9.17) is 0 Å². The predicted molar refractivity (Wildman–Crippen MR) is 97.5 cm³/mol. The molecule has 0 amide bonds. The number of aromatic hydroxyl groups is 1. The highest BCUT2D eigenvalue weighted by molar-refractivity contribution is 5.84.